The molecule has 122 valence electrons. The summed E-state index contributed by atoms with van der Waals surface area (Å²) in [5, 5.41) is 2.90. The average molecular weight is 324 g/mol. The topological polar surface area (TPSA) is 43.4 Å². The third-order valence-electron chi connectivity index (χ3n) is 3.35. The molecular weight excluding hydrogens is 309 g/mol. The molecule has 0 bridgehead atoms. The molecule has 3 rings (SSSR count). The molecular formula is C16H15F3N2O2. The summed E-state index contributed by atoms with van der Waals surface area (Å²) in [6, 6.07) is 9.24. The minimum Gasteiger partial charge on any atom is -0.490 e. The van der Waals surface area contributed by atoms with Crippen molar-refractivity contribution in [1.29, 1.82) is 0 Å². The Morgan fingerprint density at radius 1 is 1.04 bits per heavy atom. The molecule has 0 fully saturated rings. The van der Waals surface area contributed by atoms with Gasteiger partial charge in [0.05, 0.1) is 13.2 Å². The second kappa shape index (κ2) is 6.36. The van der Waals surface area contributed by atoms with Gasteiger partial charge in [-0.05, 0) is 18.2 Å². The van der Waals surface area contributed by atoms with E-state index in [2.05, 4.69) is 10.3 Å². The number of ether oxygens (including phenoxy) is 2. The highest BCUT2D eigenvalue weighted by molar-refractivity contribution is 5.49. The first kappa shape index (κ1) is 15.5. The summed E-state index contributed by atoms with van der Waals surface area (Å²) in [5.41, 5.74) is -0.113. The van der Waals surface area contributed by atoms with Crippen molar-refractivity contribution in [3.8, 4) is 11.5 Å². The van der Waals surface area contributed by atoms with Crippen molar-refractivity contribution < 1.29 is 22.6 Å². The summed E-state index contributed by atoms with van der Waals surface area (Å²) in [5.74, 6) is 1.44. The molecule has 0 unspecified atom stereocenters. The van der Waals surface area contributed by atoms with Crippen LogP contribution in [0.2, 0.25) is 0 Å². The number of alkyl halides is 3. The Labute approximate surface area is 131 Å². The maximum atomic E-state index is 12.7. The normalized spacial score (nSPS) is 14.2. The van der Waals surface area contributed by atoms with Gasteiger partial charge < -0.3 is 14.8 Å². The van der Waals surface area contributed by atoms with Crippen LogP contribution in [-0.2, 0) is 12.7 Å². The van der Waals surface area contributed by atoms with E-state index in [9.17, 15) is 13.2 Å². The number of pyridine rings is 1. The zero-order valence-electron chi connectivity index (χ0n) is 12.2. The molecule has 0 saturated carbocycles. The lowest BCUT2D eigenvalue weighted by atomic mass is 10.2. The highest BCUT2D eigenvalue weighted by Crippen LogP contribution is 2.34. The molecule has 1 aliphatic rings. The maximum Gasteiger partial charge on any atom is 0.433 e. The fourth-order valence-corrected chi connectivity index (χ4v) is 2.27. The van der Waals surface area contributed by atoms with Crippen LogP contribution in [0.3, 0.4) is 0 Å². The van der Waals surface area contributed by atoms with E-state index in [1.807, 2.05) is 18.2 Å². The molecule has 2 heterocycles. The first-order chi connectivity index (χ1) is 11.0. The first-order valence-electron chi connectivity index (χ1n) is 7.19. The molecule has 1 aromatic heterocycles. The van der Waals surface area contributed by atoms with E-state index >= 15 is 0 Å². The van der Waals surface area contributed by atoms with Gasteiger partial charge in [-0.25, -0.2) is 4.98 Å². The van der Waals surface area contributed by atoms with E-state index in [1.165, 1.54) is 12.1 Å². The van der Waals surface area contributed by atoms with Crippen molar-refractivity contribution in [3.63, 3.8) is 0 Å². The van der Waals surface area contributed by atoms with Crippen molar-refractivity contribution in [2.75, 3.05) is 18.5 Å². The molecule has 7 heteroatoms. The number of halogens is 3. The van der Waals surface area contributed by atoms with Crippen LogP contribution >= 0.6 is 0 Å². The molecule has 0 radical (unpaired) electrons. The fraction of sp³-hybridized carbons (Fsp3) is 0.312. The van der Waals surface area contributed by atoms with E-state index in [0.29, 0.717) is 31.3 Å². The molecule has 0 aliphatic carbocycles. The Bertz CT molecular complexity index is 689. The number of rotatable bonds is 3. The van der Waals surface area contributed by atoms with E-state index in [-0.39, 0.29) is 5.82 Å². The van der Waals surface area contributed by atoms with E-state index in [0.717, 1.165) is 18.1 Å². The van der Waals surface area contributed by atoms with E-state index < -0.39 is 11.9 Å². The Kier molecular flexibility index (Phi) is 4.27. The van der Waals surface area contributed by atoms with Crippen LogP contribution in [0.15, 0.2) is 36.4 Å². The Hall–Kier alpha value is -2.44. The third-order valence-corrected chi connectivity index (χ3v) is 3.35. The molecule has 0 atom stereocenters. The number of nitrogens with zero attached hydrogens (tertiary/aromatic N) is 1. The van der Waals surface area contributed by atoms with Gasteiger partial charge >= 0.3 is 6.18 Å². The number of anilines is 1. The predicted octanol–water partition coefficient (Wildman–Crippen LogP) is 3.87. The third kappa shape index (κ3) is 3.67. The quantitative estimate of drug-likeness (QED) is 0.931. The van der Waals surface area contributed by atoms with Crippen molar-refractivity contribution in [2.45, 2.75) is 19.1 Å². The van der Waals surface area contributed by atoms with Gasteiger partial charge in [-0.3, -0.25) is 0 Å². The number of aromatic nitrogens is 1. The van der Waals surface area contributed by atoms with Gasteiger partial charge in [0.15, 0.2) is 11.5 Å². The van der Waals surface area contributed by atoms with Crippen LogP contribution in [0, 0.1) is 0 Å². The van der Waals surface area contributed by atoms with E-state index in [1.54, 1.807) is 0 Å². The van der Waals surface area contributed by atoms with Gasteiger partial charge in [0.2, 0.25) is 0 Å². The Balaban J connectivity index is 1.77. The average Bonchev–Trinajstić information content (AvgIpc) is 2.78. The standard InChI is InChI=1S/C16H15F3N2O2/c17-16(18,19)13-6-2-7-14(21-13)20-10-11-4-1-5-12-15(11)23-9-3-8-22-12/h1-2,4-7H,3,8-10H2,(H,20,21). The predicted molar refractivity (Wildman–Crippen MR) is 78.6 cm³/mol. The fourth-order valence-electron chi connectivity index (χ4n) is 2.27. The lowest BCUT2D eigenvalue weighted by Crippen LogP contribution is -2.10. The van der Waals surface area contributed by atoms with Crippen molar-refractivity contribution in [1.82, 2.24) is 4.98 Å². The monoisotopic (exact) mass is 324 g/mol. The lowest BCUT2D eigenvalue weighted by Gasteiger charge is -2.14. The van der Waals surface area contributed by atoms with Crippen LogP contribution in [0.1, 0.15) is 17.7 Å². The number of para-hydroxylation sites is 1. The highest BCUT2D eigenvalue weighted by Gasteiger charge is 2.32. The maximum absolute atomic E-state index is 12.7. The first-order valence-corrected chi connectivity index (χ1v) is 7.19. The summed E-state index contributed by atoms with van der Waals surface area (Å²) < 4.78 is 49.3. The largest absolute Gasteiger partial charge is 0.490 e. The minimum absolute atomic E-state index is 0.159. The molecule has 4 nitrogen and oxygen atoms in total. The van der Waals surface area contributed by atoms with Crippen LogP contribution < -0.4 is 14.8 Å². The summed E-state index contributed by atoms with van der Waals surface area (Å²) in [6.45, 7) is 1.42. The summed E-state index contributed by atoms with van der Waals surface area (Å²) in [6.07, 6.45) is -3.67. The van der Waals surface area contributed by atoms with Gasteiger partial charge in [-0.1, -0.05) is 18.2 Å². The van der Waals surface area contributed by atoms with Crippen LogP contribution in [0.25, 0.3) is 0 Å². The zero-order valence-corrected chi connectivity index (χ0v) is 12.2. The van der Waals surface area contributed by atoms with Gasteiger partial charge in [-0.2, -0.15) is 13.2 Å². The second-order valence-electron chi connectivity index (χ2n) is 5.05. The van der Waals surface area contributed by atoms with E-state index in [4.69, 9.17) is 9.47 Å². The number of fused-ring (bicyclic) bond motifs is 1. The molecule has 1 N–H and O–H groups in total. The van der Waals surface area contributed by atoms with Gasteiger partial charge in [0.25, 0.3) is 0 Å². The smallest absolute Gasteiger partial charge is 0.433 e. The molecule has 1 aromatic carbocycles. The van der Waals surface area contributed by atoms with Crippen molar-refractivity contribution >= 4 is 5.82 Å². The Morgan fingerprint density at radius 2 is 1.83 bits per heavy atom. The van der Waals surface area contributed by atoms with Gasteiger partial charge in [0, 0.05) is 18.5 Å². The minimum atomic E-state index is -4.46. The molecule has 23 heavy (non-hydrogen) atoms. The van der Waals surface area contributed by atoms with Crippen LogP contribution in [-0.4, -0.2) is 18.2 Å². The SMILES string of the molecule is FC(F)(F)c1cccc(NCc2cccc3c2OCCCO3)n1. The number of hydrogen-bond acceptors (Lipinski definition) is 4. The highest BCUT2D eigenvalue weighted by atomic mass is 19.4. The van der Waals surface area contributed by atoms with Crippen molar-refractivity contribution in [3.05, 3.63) is 47.7 Å². The molecule has 0 spiro atoms. The van der Waals surface area contributed by atoms with Crippen LogP contribution in [0.4, 0.5) is 19.0 Å². The lowest BCUT2D eigenvalue weighted by molar-refractivity contribution is -0.141. The number of benzene rings is 1. The van der Waals surface area contributed by atoms with Crippen molar-refractivity contribution in [2.24, 2.45) is 0 Å². The second-order valence-corrected chi connectivity index (χ2v) is 5.05. The van der Waals surface area contributed by atoms with Crippen LogP contribution in [0.5, 0.6) is 11.5 Å². The van der Waals surface area contributed by atoms with Gasteiger partial charge in [-0.15, -0.1) is 0 Å². The molecule has 0 saturated heterocycles. The summed E-state index contributed by atoms with van der Waals surface area (Å²) in [7, 11) is 0. The molecule has 1 aliphatic heterocycles. The summed E-state index contributed by atoms with van der Waals surface area (Å²) in [4.78, 5) is 3.58. The molecule has 2 aromatic rings. The summed E-state index contributed by atoms with van der Waals surface area (Å²) >= 11 is 0. The number of hydrogen-bond donors (Lipinski definition) is 1. The molecule has 0 amide bonds. The van der Waals surface area contributed by atoms with Gasteiger partial charge in [0.1, 0.15) is 11.5 Å². The number of nitrogens with one attached hydrogen (secondary N) is 1. The zero-order chi connectivity index (χ0) is 16.3. The Morgan fingerprint density at radius 3 is 2.65 bits per heavy atom.